The zero-order valence-electron chi connectivity index (χ0n) is 12.0. The van der Waals surface area contributed by atoms with E-state index in [1.807, 2.05) is 40.4 Å². The van der Waals surface area contributed by atoms with E-state index in [9.17, 15) is 4.79 Å². The van der Waals surface area contributed by atoms with E-state index in [2.05, 4.69) is 0 Å². The molecule has 1 rings (SSSR count). The molecule has 0 atom stereocenters. The monoisotopic (exact) mass is 266 g/mol. The van der Waals surface area contributed by atoms with E-state index in [1.165, 1.54) is 0 Å². The summed E-state index contributed by atoms with van der Waals surface area (Å²) >= 11 is 0. The number of hydrogen-bond acceptors (Lipinski definition) is 3. The van der Waals surface area contributed by atoms with E-state index in [1.54, 1.807) is 24.3 Å². The summed E-state index contributed by atoms with van der Waals surface area (Å²) in [5.41, 5.74) is 0.332. The topological polar surface area (TPSA) is 35.5 Å². The summed E-state index contributed by atoms with van der Waals surface area (Å²) in [6.45, 7) is 11.9. The van der Waals surface area contributed by atoms with Crippen molar-refractivity contribution in [2.24, 2.45) is 0 Å². The molecule has 0 bridgehead atoms. The highest BCUT2D eigenvalue weighted by molar-refractivity contribution is 6.71. The Bertz CT molecular complexity index is 410. The van der Waals surface area contributed by atoms with Gasteiger partial charge in [-0.3, -0.25) is 0 Å². The van der Waals surface area contributed by atoms with Crippen LogP contribution in [-0.4, -0.2) is 19.9 Å². The lowest BCUT2D eigenvalue weighted by atomic mass is 10.2. The highest BCUT2D eigenvalue weighted by Gasteiger charge is 2.21. The van der Waals surface area contributed by atoms with Crippen molar-refractivity contribution in [1.29, 1.82) is 0 Å². The van der Waals surface area contributed by atoms with Gasteiger partial charge in [0, 0.05) is 0 Å². The number of carbonyl (C=O) groups excluding carboxylic acids is 1. The van der Waals surface area contributed by atoms with E-state index < -0.39 is 8.32 Å². The Hall–Kier alpha value is -1.29. The van der Waals surface area contributed by atoms with Crippen LogP contribution in [0.15, 0.2) is 24.3 Å². The third-order valence-corrected chi connectivity index (χ3v) is 2.71. The largest absolute Gasteiger partial charge is 0.516 e. The second kappa shape index (κ2) is 5.14. The van der Waals surface area contributed by atoms with Crippen LogP contribution < -0.4 is 4.74 Å². The molecule has 0 unspecified atom stereocenters. The van der Waals surface area contributed by atoms with Gasteiger partial charge in [0.25, 0.3) is 0 Å². The predicted octanol–water partition coefficient (Wildman–Crippen LogP) is 3.86. The fraction of sp³-hybridized carbons (Fsp3) is 0.500. The van der Waals surface area contributed by atoms with Gasteiger partial charge in [-0.15, -0.1) is 0 Å². The Balaban J connectivity index is 2.74. The zero-order chi connectivity index (χ0) is 14.0. The van der Waals surface area contributed by atoms with Crippen molar-refractivity contribution in [3.05, 3.63) is 29.8 Å². The maximum atomic E-state index is 11.8. The van der Waals surface area contributed by atoms with E-state index in [-0.39, 0.29) is 11.6 Å². The first-order chi connectivity index (χ1) is 8.07. The molecule has 0 N–H and O–H groups in total. The Labute approximate surface area is 110 Å². The average molecular weight is 266 g/mol. The molecular weight excluding hydrogens is 244 g/mol. The van der Waals surface area contributed by atoms with Gasteiger partial charge in [-0.25, -0.2) is 4.79 Å². The lowest BCUT2D eigenvalue weighted by molar-refractivity contribution is 0.0724. The molecule has 0 saturated heterocycles. The first-order valence-corrected chi connectivity index (χ1v) is 9.50. The molecule has 1 aromatic rings. The van der Waals surface area contributed by atoms with E-state index in [0.717, 1.165) is 5.75 Å². The van der Waals surface area contributed by atoms with Crippen LogP contribution in [0, 0.1) is 0 Å². The lowest BCUT2D eigenvalue weighted by Gasteiger charge is -2.21. The molecule has 100 valence electrons. The van der Waals surface area contributed by atoms with Crippen molar-refractivity contribution in [2.75, 3.05) is 0 Å². The van der Waals surface area contributed by atoms with Gasteiger partial charge in [0.05, 0.1) is 5.56 Å². The number of carbonyl (C=O) groups is 1. The van der Waals surface area contributed by atoms with Crippen LogP contribution in [0.3, 0.4) is 0 Å². The molecule has 18 heavy (non-hydrogen) atoms. The fourth-order valence-electron chi connectivity index (χ4n) is 1.35. The van der Waals surface area contributed by atoms with Crippen LogP contribution in [0.25, 0.3) is 0 Å². The molecule has 0 aromatic heterocycles. The Morgan fingerprint density at radius 1 is 1.06 bits per heavy atom. The molecule has 0 amide bonds. The average Bonchev–Trinajstić information content (AvgIpc) is 2.13. The van der Waals surface area contributed by atoms with Crippen LogP contribution >= 0.6 is 0 Å². The van der Waals surface area contributed by atoms with E-state index in [0.29, 0.717) is 5.56 Å². The quantitative estimate of drug-likeness (QED) is 0.779. The summed E-state index contributed by atoms with van der Waals surface area (Å²) in [6.07, 6.45) is 0. The van der Waals surface area contributed by atoms with Crippen molar-refractivity contribution in [1.82, 2.24) is 0 Å². The van der Waals surface area contributed by atoms with Crippen LogP contribution in [0.5, 0.6) is 5.75 Å². The summed E-state index contributed by atoms with van der Waals surface area (Å²) in [5.74, 6) is 0.503. The second-order valence-corrected chi connectivity index (χ2v) is 10.7. The summed E-state index contributed by atoms with van der Waals surface area (Å²) in [6, 6.07) is 7.07. The lowest BCUT2D eigenvalue weighted by Crippen LogP contribution is -2.29. The Morgan fingerprint density at radius 3 is 1.94 bits per heavy atom. The van der Waals surface area contributed by atoms with Crippen molar-refractivity contribution >= 4 is 14.3 Å². The molecule has 0 saturated carbocycles. The minimum absolute atomic E-state index is 0.236. The van der Waals surface area contributed by atoms with Gasteiger partial charge in [-0.1, -0.05) is 0 Å². The maximum absolute atomic E-state index is 11.8. The smallest absolute Gasteiger partial charge is 0.324 e. The van der Waals surface area contributed by atoms with Crippen LogP contribution in [0.1, 0.15) is 31.1 Å². The van der Waals surface area contributed by atoms with Crippen molar-refractivity contribution in [2.45, 2.75) is 46.0 Å². The van der Waals surface area contributed by atoms with Gasteiger partial charge in [0.1, 0.15) is 11.4 Å². The molecule has 3 nitrogen and oxygen atoms in total. The predicted molar refractivity (Wildman–Crippen MR) is 75.6 cm³/mol. The van der Waals surface area contributed by atoms with Crippen LogP contribution in [0.2, 0.25) is 19.6 Å². The molecule has 0 fully saturated rings. The standard InChI is InChI=1S/C14H22O3Si/c1-14(2,3)16-12-9-7-11(8-10-12)13(15)17-18(4,5)6/h7-10H,1-6H3. The molecule has 0 aliphatic carbocycles. The Morgan fingerprint density at radius 2 is 1.56 bits per heavy atom. The summed E-state index contributed by atoms with van der Waals surface area (Å²) in [4.78, 5) is 11.8. The molecule has 0 aliphatic rings. The summed E-state index contributed by atoms with van der Waals surface area (Å²) in [7, 11) is -1.84. The van der Waals surface area contributed by atoms with Crippen molar-refractivity contribution < 1.29 is 14.0 Å². The molecule has 0 spiro atoms. The molecule has 0 radical (unpaired) electrons. The van der Waals surface area contributed by atoms with Gasteiger partial charge >= 0.3 is 5.97 Å². The third kappa shape index (κ3) is 5.36. The van der Waals surface area contributed by atoms with Crippen LogP contribution in [-0.2, 0) is 4.43 Å². The molecule has 4 heteroatoms. The van der Waals surface area contributed by atoms with E-state index >= 15 is 0 Å². The van der Waals surface area contributed by atoms with E-state index in [4.69, 9.17) is 9.16 Å². The normalized spacial score (nSPS) is 12.1. The summed E-state index contributed by atoms with van der Waals surface area (Å²) < 4.78 is 11.1. The fourth-order valence-corrected chi connectivity index (χ4v) is 2.02. The van der Waals surface area contributed by atoms with Gasteiger partial charge in [0.15, 0.2) is 0 Å². The minimum Gasteiger partial charge on any atom is -0.516 e. The highest BCUT2D eigenvalue weighted by atomic mass is 28.4. The highest BCUT2D eigenvalue weighted by Crippen LogP contribution is 2.19. The number of rotatable bonds is 3. The maximum Gasteiger partial charge on any atom is 0.324 e. The van der Waals surface area contributed by atoms with Gasteiger partial charge in [-0.05, 0) is 64.7 Å². The third-order valence-electron chi connectivity index (χ3n) is 1.91. The number of benzene rings is 1. The van der Waals surface area contributed by atoms with Gasteiger partial charge in [0.2, 0.25) is 8.32 Å². The molecular formula is C14H22O3Si. The van der Waals surface area contributed by atoms with Crippen molar-refractivity contribution in [3.8, 4) is 5.75 Å². The second-order valence-electron chi connectivity index (χ2n) is 6.24. The molecule has 0 aliphatic heterocycles. The van der Waals surface area contributed by atoms with Gasteiger partial charge in [-0.2, -0.15) is 0 Å². The zero-order valence-corrected chi connectivity index (χ0v) is 13.0. The Kier molecular flexibility index (Phi) is 4.22. The summed E-state index contributed by atoms with van der Waals surface area (Å²) in [5, 5.41) is 0. The van der Waals surface area contributed by atoms with Gasteiger partial charge < -0.3 is 9.16 Å². The van der Waals surface area contributed by atoms with Crippen LogP contribution in [0.4, 0.5) is 0 Å². The van der Waals surface area contributed by atoms with Crippen molar-refractivity contribution in [3.63, 3.8) is 0 Å². The minimum atomic E-state index is -1.84. The molecule has 1 aromatic carbocycles. The molecule has 0 heterocycles. The number of ether oxygens (including phenoxy) is 1. The SMILES string of the molecule is CC(C)(C)Oc1ccc(C(=O)O[Si](C)(C)C)cc1. The first kappa shape index (κ1) is 14.8. The first-order valence-electron chi connectivity index (χ1n) is 6.09. The number of hydrogen-bond donors (Lipinski definition) is 0.